The summed E-state index contributed by atoms with van der Waals surface area (Å²) < 4.78 is 0. The summed E-state index contributed by atoms with van der Waals surface area (Å²) in [6, 6.07) is 5.54. The fourth-order valence-electron chi connectivity index (χ4n) is 3.70. The van der Waals surface area contributed by atoms with Gasteiger partial charge in [0.25, 0.3) is 0 Å². The fraction of sp³-hybridized carbons (Fsp3) is 0.471. The Morgan fingerprint density at radius 3 is 2.73 bits per heavy atom. The zero-order valence-corrected chi connectivity index (χ0v) is 14.2. The second kappa shape index (κ2) is 5.97. The second-order valence-electron chi connectivity index (χ2n) is 6.07. The van der Waals surface area contributed by atoms with Gasteiger partial charge in [0.1, 0.15) is 0 Å². The molecular weight excluding hydrogens is 321 g/mol. The number of likely N-dealkylation sites (N-methyl/N-ethyl adjacent to an activating group) is 1. The van der Waals surface area contributed by atoms with E-state index < -0.39 is 6.10 Å². The van der Waals surface area contributed by atoms with Gasteiger partial charge in [0, 0.05) is 18.0 Å². The van der Waals surface area contributed by atoms with E-state index in [1.807, 2.05) is 26.1 Å². The summed E-state index contributed by atoms with van der Waals surface area (Å²) in [4.78, 5) is 14.7. The Labute approximate surface area is 140 Å². The van der Waals surface area contributed by atoms with Gasteiger partial charge in [0.2, 0.25) is 0 Å². The van der Waals surface area contributed by atoms with Crippen molar-refractivity contribution in [2.45, 2.75) is 44.4 Å². The number of aliphatic hydroxyl groups excluding tert-OH is 1. The first-order valence-electron chi connectivity index (χ1n) is 7.55. The molecule has 2 heterocycles. The van der Waals surface area contributed by atoms with Crippen molar-refractivity contribution in [2.75, 3.05) is 7.05 Å². The Morgan fingerprint density at radius 2 is 2.09 bits per heavy atom. The van der Waals surface area contributed by atoms with E-state index in [1.54, 1.807) is 6.07 Å². The molecule has 1 saturated heterocycles. The lowest BCUT2D eigenvalue weighted by Crippen LogP contribution is -2.43. The molecule has 0 amide bonds. The zero-order valence-electron chi connectivity index (χ0n) is 12.6. The molecule has 1 aromatic rings. The number of carbonyl (C=O) groups excluding carboxylic acids is 1. The molecular formula is C17H19Cl2NO2. The predicted molar refractivity (Wildman–Crippen MR) is 89.3 cm³/mol. The van der Waals surface area contributed by atoms with Crippen molar-refractivity contribution in [3.05, 3.63) is 39.4 Å². The predicted octanol–water partition coefficient (Wildman–Crippen LogP) is 3.56. The number of ketones is 1. The zero-order chi connectivity index (χ0) is 16.0. The van der Waals surface area contributed by atoms with E-state index in [4.69, 9.17) is 23.2 Å². The normalized spacial score (nSPS) is 28.3. The molecule has 2 bridgehead atoms. The van der Waals surface area contributed by atoms with Crippen LogP contribution in [0.3, 0.4) is 0 Å². The van der Waals surface area contributed by atoms with Crippen molar-refractivity contribution in [1.29, 1.82) is 0 Å². The third-order valence-corrected chi connectivity index (χ3v) is 5.58. The Balaban J connectivity index is 2.16. The third kappa shape index (κ3) is 2.50. The Kier molecular flexibility index (Phi) is 4.34. The second-order valence-corrected chi connectivity index (χ2v) is 6.88. The van der Waals surface area contributed by atoms with Gasteiger partial charge in [-0.05, 0) is 43.2 Å². The van der Waals surface area contributed by atoms with Crippen LogP contribution in [-0.4, -0.2) is 41.0 Å². The molecule has 0 aliphatic carbocycles. The molecule has 2 aliphatic heterocycles. The molecule has 0 radical (unpaired) electrons. The van der Waals surface area contributed by atoms with Gasteiger partial charge in [0.15, 0.2) is 5.78 Å². The lowest BCUT2D eigenvalue weighted by Gasteiger charge is -2.35. The van der Waals surface area contributed by atoms with Crippen LogP contribution in [0.25, 0.3) is 5.57 Å². The highest BCUT2D eigenvalue weighted by Crippen LogP contribution is 2.43. The topological polar surface area (TPSA) is 40.5 Å². The van der Waals surface area contributed by atoms with Crippen LogP contribution >= 0.6 is 23.2 Å². The maximum Gasteiger partial charge on any atom is 0.160 e. The first-order valence-corrected chi connectivity index (χ1v) is 8.31. The highest BCUT2D eigenvalue weighted by atomic mass is 35.5. The van der Waals surface area contributed by atoms with E-state index in [9.17, 15) is 9.90 Å². The summed E-state index contributed by atoms with van der Waals surface area (Å²) in [5, 5.41) is 11.4. The van der Waals surface area contributed by atoms with Crippen molar-refractivity contribution in [1.82, 2.24) is 4.90 Å². The molecule has 1 N–H and O–H groups in total. The highest BCUT2D eigenvalue weighted by Gasteiger charge is 2.46. The number of hydrogen-bond acceptors (Lipinski definition) is 3. The summed E-state index contributed by atoms with van der Waals surface area (Å²) in [6.07, 6.45) is 1.40. The molecule has 1 fully saturated rings. The molecule has 3 rings (SSSR count). The number of rotatable bonds is 3. The number of benzene rings is 1. The Morgan fingerprint density at radius 1 is 1.36 bits per heavy atom. The largest absolute Gasteiger partial charge is 0.391 e. The Bertz CT molecular complexity index is 656. The third-order valence-electron chi connectivity index (χ3n) is 4.84. The van der Waals surface area contributed by atoms with Gasteiger partial charge in [-0.3, -0.25) is 9.69 Å². The molecule has 3 nitrogen and oxygen atoms in total. The first-order chi connectivity index (χ1) is 10.4. The molecule has 1 aromatic carbocycles. The van der Waals surface area contributed by atoms with Crippen molar-refractivity contribution in [3.8, 4) is 0 Å². The molecule has 0 aromatic heterocycles. The molecule has 3 atom stereocenters. The number of hydrogen-bond donors (Lipinski definition) is 1. The van der Waals surface area contributed by atoms with Gasteiger partial charge in [-0.2, -0.15) is 0 Å². The van der Waals surface area contributed by atoms with Crippen LogP contribution in [0.2, 0.25) is 10.0 Å². The number of halogens is 2. The standard InChI is InChI=1S/C17H19Cl2NO2/c1-3-14(21)16-11(9-4-5-12(18)13(19)6-9)7-10-8-15(22)17(16)20(10)2/h4-6,10,15,17,22H,3,7-8H2,1-2H3/t10?,15?,17-/m1/s1. The Hall–Kier alpha value is -0.870. The number of carbonyl (C=O) groups is 1. The van der Waals surface area contributed by atoms with E-state index in [0.29, 0.717) is 22.9 Å². The van der Waals surface area contributed by atoms with Crippen molar-refractivity contribution in [3.63, 3.8) is 0 Å². The summed E-state index contributed by atoms with van der Waals surface area (Å²) in [5.41, 5.74) is 2.68. The van der Waals surface area contributed by atoms with Crippen LogP contribution in [0.15, 0.2) is 23.8 Å². The number of nitrogens with zero attached hydrogens (tertiary/aromatic N) is 1. The molecule has 0 spiro atoms. The summed E-state index contributed by atoms with van der Waals surface area (Å²) in [7, 11) is 1.99. The lowest BCUT2D eigenvalue weighted by atomic mass is 9.85. The van der Waals surface area contributed by atoms with Crippen molar-refractivity contribution in [2.24, 2.45) is 0 Å². The van der Waals surface area contributed by atoms with E-state index in [-0.39, 0.29) is 17.9 Å². The SMILES string of the molecule is CCC(=O)C1=C(c2ccc(Cl)c(Cl)c2)CC2CC(O)[C@H]1N2C. The quantitative estimate of drug-likeness (QED) is 0.915. The van der Waals surface area contributed by atoms with Crippen LogP contribution in [0.1, 0.15) is 31.7 Å². The monoisotopic (exact) mass is 339 g/mol. The minimum Gasteiger partial charge on any atom is -0.391 e. The molecule has 22 heavy (non-hydrogen) atoms. The van der Waals surface area contributed by atoms with Gasteiger partial charge >= 0.3 is 0 Å². The molecule has 2 aliphatic rings. The highest BCUT2D eigenvalue weighted by molar-refractivity contribution is 6.42. The van der Waals surface area contributed by atoms with E-state index >= 15 is 0 Å². The van der Waals surface area contributed by atoms with Gasteiger partial charge < -0.3 is 5.11 Å². The van der Waals surface area contributed by atoms with Crippen molar-refractivity contribution < 1.29 is 9.90 Å². The van der Waals surface area contributed by atoms with Crippen LogP contribution in [0.5, 0.6) is 0 Å². The van der Waals surface area contributed by atoms with Gasteiger partial charge in [-0.25, -0.2) is 0 Å². The fourth-order valence-corrected chi connectivity index (χ4v) is 4.00. The molecule has 5 heteroatoms. The van der Waals surface area contributed by atoms with Gasteiger partial charge in [-0.1, -0.05) is 36.2 Å². The van der Waals surface area contributed by atoms with Crippen LogP contribution < -0.4 is 0 Å². The first kappa shape index (κ1) is 16.0. The maximum absolute atomic E-state index is 12.5. The number of Topliss-reactive ketones (excluding diaryl/α,β-unsaturated/α-hetero) is 1. The van der Waals surface area contributed by atoms with E-state index in [0.717, 1.165) is 23.1 Å². The van der Waals surface area contributed by atoms with Gasteiger partial charge in [-0.15, -0.1) is 0 Å². The van der Waals surface area contributed by atoms with Gasteiger partial charge in [0.05, 0.1) is 22.2 Å². The maximum atomic E-state index is 12.5. The number of fused-ring (bicyclic) bond motifs is 2. The summed E-state index contributed by atoms with van der Waals surface area (Å²) >= 11 is 12.1. The lowest BCUT2D eigenvalue weighted by molar-refractivity contribution is -0.116. The van der Waals surface area contributed by atoms with Crippen LogP contribution in [-0.2, 0) is 4.79 Å². The molecule has 2 unspecified atom stereocenters. The summed E-state index contributed by atoms with van der Waals surface area (Å²) in [5.74, 6) is 0.0947. The van der Waals surface area contributed by atoms with Crippen molar-refractivity contribution >= 4 is 34.6 Å². The number of aliphatic hydroxyl groups is 1. The van der Waals surface area contributed by atoms with E-state index in [2.05, 4.69) is 4.90 Å². The average Bonchev–Trinajstić information content (AvgIpc) is 2.68. The molecule has 118 valence electrons. The minimum atomic E-state index is -0.485. The minimum absolute atomic E-state index is 0.0947. The molecule has 0 saturated carbocycles. The van der Waals surface area contributed by atoms with Crippen LogP contribution in [0, 0.1) is 0 Å². The van der Waals surface area contributed by atoms with Crippen LogP contribution in [0.4, 0.5) is 0 Å². The average molecular weight is 340 g/mol. The van der Waals surface area contributed by atoms with E-state index in [1.165, 1.54) is 0 Å². The smallest absolute Gasteiger partial charge is 0.160 e. The summed E-state index contributed by atoms with van der Waals surface area (Å²) in [6.45, 7) is 1.86.